The standard InChI is InChI=1S/C13H17FN2O3S/c1-9-3-4-10(14)7-12(9)13(17)16-6-5-11(8-16)15-20(2,18)19/h3-4,7,11,15H,5-6,8H2,1-2H3/t11-/m1/s1. The molecule has 0 aromatic heterocycles. The van der Waals surface area contributed by atoms with E-state index in [0.29, 0.717) is 30.6 Å². The minimum Gasteiger partial charge on any atom is -0.337 e. The van der Waals surface area contributed by atoms with E-state index in [1.54, 1.807) is 17.9 Å². The molecule has 1 atom stereocenters. The van der Waals surface area contributed by atoms with Crippen LogP contribution in [0.15, 0.2) is 18.2 Å². The lowest BCUT2D eigenvalue weighted by atomic mass is 10.1. The molecule has 0 spiro atoms. The molecule has 1 amide bonds. The summed E-state index contributed by atoms with van der Waals surface area (Å²) >= 11 is 0. The van der Waals surface area contributed by atoms with Gasteiger partial charge in [-0.25, -0.2) is 17.5 Å². The first-order valence-corrected chi connectivity index (χ1v) is 8.18. The highest BCUT2D eigenvalue weighted by Gasteiger charge is 2.29. The average Bonchev–Trinajstić information content (AvgIpc) is 2.77. The van der Waals surface area contributed by atoms with Crippen LogP contribution >= 0.6 is 0 Å². The number of hydrogen-bond acceptors (Lipinski definition) is 3. The van der Waals surface area contributed by atoms with Crippen LogP contribution in [0.25, 0.3) is 0 Å². The monoisotopic (exact) mass is 300 g/mol. The zero-order chi connectivity index (χ0) is 14.9. The highest BCUT2D eigenvalue weighted by Crippen LogP contribution is 2.17. The summed E-state index contributed by atoms with van der Waals surface area (Å²) in [5.74, 6) is -0.719. The summed E-state index contributed by atoms with van der Waals surface area (Å²) in [5.41, 5.74) is 1.03. The predicted molar refractivity (Wildman–Crippen MR) is 73.4 cm³/mol. The van der Waals surface area contributed by atoms with Crippen molar-refractivity contribution in [2.45, 2.75) is 19.4 Å². The first-order chi connectivity index (χ1) is 9.26. The summed E-state index contributed by atoms with van der Waals surface area (Å²) in [6.07, 6.45) is 1.65. The number of hydrogen-bond donors (Lipinski definition) is 1. The fourth-order valence-corrected chi connectivity index (χ4v) is 3.14. The summed E-state index contributed by atoms with van der Waals surface area (Å²) in [6.45, 7) is 2.51. The molecule has 0 saturated carbocycles. The molecule has 1 heterocycles. The zero-order valence-electron chi connectivity index (χ0n) is 11.4. The maximum absolute atomic E-state index is 13.2. The van der Waals surface area contributed by atoms with Gasteiger partial charge in [-0.15, -0.1) is 0 Å². The second-order valence-corrected chi connectivity index (χ2v) is 6.87. The second kappa shape index (κ2) is 5.49. The van der Waals surface area contributed by atoms with Gasteiger partial charge in [0, 0.05) is 24.7 Å². The Morgan fingerprint density at radius 2 is 2.15 bits per heavy atom. The quantitative estimate of drug-likeness (QED) is 0.902. The van der Waals surface area contributed by atoms with E-state index in [0.717, 1.165) is 6.26 Å². The molecule has 0 bridgehead atoms. The Labute approximate surface area is 117 Å². The molecule has 1 aromatic carbocycles. The minimum absolute atomic E-state index is 0.264. The number of carbonyl (C=O) groups is 1. The summed E-state index contributed by atoms with van der Waals surface area (Å²) in [6, 6.07) is 3.81. The number of aryl methyl sites for hydroxylation is 1. The predicted octanol–water partition coefficient (Wildman–Crippen LogP) is 0.898. The van der Waals surface area contributed by atoms with Crippen LogP contribution in [0, 0.1) is 12.7 Å². The molecule has 0 radical (unpaired) electrons. The van der Waals surface area contributed by atoms with Gasteiger partial charge in [0.25, 0.3) is 5.91 Å². The molecule has 1 fully saturated rings. The first kappa shape index (κ1) is 14.9. The molecule has 1 aliphatic heterocycles. The highest BCUT2D eigenvalue weighted by atomic mass is 32.2. The zero-order valence-corrected chi connectivity index (χ0v) is 12.2. The van der Waals surface area contributed by atoms with E-state index in [4.69, 9.17) is 0 Å². The summed E-state index contributed by atoms with van der Waals surface area (Å²) in [4.78, 5) is 13.9. The number of rotatable bonds is 3. The molecule has 7 heteroatoms. The van der Waals surface area contributed by atoms with Crippen LogP contribution in [0.2, 0.25) is 0 Å². The van der Waals surface area contributed by atoms with Gasteiger partial charge in [0.1, 0.15) is 5.82 Å². The fourth-order valence-electron chi connectivity index (χ4n) is 2.34. The lowest BCUT2D eigenvalue weighted by molar-refractivity contribution is 0.0789. The summed E-state index contributed by atoms with van der Waals surface area (Å²) in [7, 11) is -3.28. The Balaban J connectivity index is 2.10. The van der Waals surface area contributed by atoms with Crippen molar-refractivity contribution in [3.05, 3.63) is 35.1 Å². The molecule has 2 rings (SSSR count). The lowest BCUT2D eigenvalue weighted by Crippen LogP contribution is -2.38. The first-order valence-electron chi connectivity index (χ1n) is 6.29. The topological polar surface area (TPSA) is 66.5 Å². The minimum atomic E-state index is -3.28. The van der Waals surface area contributed by atoms with Crippen LogP contribution in [0.3, 0.4) is 0 Å². The second-order valence-electron chi connectivity index (χ2n) is 5.09. The third-order valence-electron chi connectivity index (χ3n) is 3.29. The molecule has 0 aliphatic carbocycles. The number of benzene rings is 1. The lowest BCUT2D eigenvalue weighted by Gasteiger charge is -2.18. The SMILES string of the molecule is Cc1ccc(F)cc1C(=O)N1CC[C@@H](NS(C)(=O)=O)C1. The summed E-state index contributed by atoms with van der Waals surface area (Å²) in [5, 5.41) is 0. The number of likely N-dealkylation sites (tertiary alicyclic amines) is 1. The largest absolute Gasteiger partial charge is 0.337 e. The van der Waals surface area contributed by atoms with Crippen molar-refractivity contribution in [3.63, 3.8) is 0 Å². The summed E-state index contributed by atoms with van der Waals surface area (Å²) < 4.78 is 38.1. The van der Waals surface area contributed by atoms with Crippen LogP contribution in [0.4, 0.5) is 4.39 Å². The number of nitrogens with one attached hydrogen (secondary N) is 1. The van der Waals surface area contributed by atoms with Gasteiger partial charge >= 0.3 is 0 Å². The number of sulfonamides is 1. The van der Waals surface area contributed by atoms with E-state index >= 15 is 0 Å². The number of halogens is 1. The van der Waals surface area contributed by atoms with Gasteiger partial charge in [0.15, 0.2) is 0 Å². The number of nitrogens with zero attached hydrogens (tertiary/aromatic N) is 1. The van der Waals surface area contributed by atoms with Crippen LogP contribution in [-0.4, -0.2) is 44.6 Å². The van der Waals surface area contributed by atoms with Crippen molar-refractivity contribution < 1.29 is 17.6 Å². The van der Waals surface area contributed by atoms with E-state index in [2.05, 4.69) is 4.72 Å². The third-order valence-corrected chi connectivity index (χ3v) is 4.05. The van der Waals surface area contributed by atoms with Gasteiger partial charge in [-0.05, 0) is 31.0 Å². The molecule has 1 N–H and O–H groups in total. The fraction of sp³-hybridized carbons (Fsp3) is 0.462. The average molecular weight is 300 g/mol. The Morgan fingerprint density at radius 3 is 2.80 bits per heavy atom. The highest BCUT2D eigenvalue weighted by molar-refractivity contribution is 7.88. The Kier molecular flexibility index (Phi) is 4.10. The van der Waals surface area contributed by atoms with Gasteiger partial charge in [-0.2, -0.15) is 0 Å². The Bertz CT molecular complexity index is 631. The molecule has 0 unspecified atom stereocenters. The van der Waals surface area contributed by atoms with Crippen molar-refractivity contribution in [1.82, 2.24) is 9.62 Å². The third kappa shape index (κ3) is 3.55. The molecule has 1 aliphatic rings. The van der Waals surface area contributed by atoms with Crippen LogP contribution in [0.5, 0.6) is 0 Å². The molecule has 5 nitrogen and oxygen atoms in total. The molecular weight excluding hydrogens is 283 g/mol. The molecule has 1 saturated heterocycles. The molecule has 20 heavy (non-hydrogen) atoms. The van der Waals surface area contributed by atoms with E-state index in [1.165, 1.54) is 12.1 Å². The van der Waals surface area contributed by atoms with E-state index in [1.807, 2.05) is 0 Å². The maximum atomic E-state index is 13.2. The van der Waals surface area contributed by atoms with Crippen LogP contribution < -0.4 is 4.72 Å². The van der Waals surface area contributed by atoms with Crippen LogP contribution in [0.1, 0.15) is 22.3 Å². The maximum Gasteiger partial charge on any atom is 0.254 e. The van der Waals surface area contributed by atoms with Gasteiger partial charge in [-0.3, -0.25) is 4.79 Å². The smallest absolute Gasteiger partial charge is 0.254 e. The normalized spacial score (nSPS) is 19.4. The number of amides is 1. The van der Waals surface area contributed by atoms with Crippen molar-refractivity contribution in [2.75, 3.05) is 19.3 Å². The number of carbonyl (C=O) groups excluding carboxylic acids is 1. The van der Waals surface area contributed by atoms with Crippen molar-refractivity contribution in [1.29, 1.82) is 0 Å². The van der Waals surface area contributed by atoms with Crippen molar-refractivity contribution in [3.8, 4) is 0 Å². The molecule has 110 valence electrons. The van der Waals surface area contributed by atoms with Gasteiger partial charge in [-0.1, -0.05) is 6.07 Å². The van der Waals surface area contributed by atoms with Crippen LogP contribution in [-0.2, 0) is 10.0 Å². The van der Waals surface area contributed by atoms with Gasteiger partial charge in [0.2, 0.25) is 10.0 Å². The van der Waals surface area contributed by atoms with Crippen molar-refractivity contribution in [2.24, 2.45) is 0 Å². The van der Waals surface area contributed by atoms with E-state index < -0.39 is 15.8 Å². The van der Waals surface area contributed by atoms with Crippen molar-refractivity contribution >= 4 is 15.9 Å². The molecular formula is C13H17FN2O3S. The van der Waals surface area contributed by atoms with Gasteiger partial charge < -0.3 is 4.90 Å². The Hall–Kier alpha value is -1.47. The van der Waals surface area contributed by atoms with Gasteiger partial charge in [0.05, 0.1) is 6.26 Å². The Morgan fingerprint density at radius 1 is 1.45 bits per heavy atom. The van der Waals surface area contributed by atoms with E-state index in [-0.39, 0.29) is 11.9 Å². The van der Waals surface area contributed by atoms with E-state index in [9.17, 15) is 17.6 Å². The molecule has 1 aromatic rings.